The van der Waals surface area contributed by atoms with Crippen LogP contribution in [0.25, 0.3) is 0 Å². The number of nitrogens with zero attached hydrogens (tertiary/aromatic N) is 1. The van der Waals surface area contributed by atoms with Gasteiger partial charge in [0.15, 0.2) is 0 Å². The molecule has 1 spiro atoms. The predicted molar refractivity (Wildman–Crippen MR) is 93.4 cm³/mol. The zero-order valence-electron chi connectivity index (χ0n) is 14.7. The fraction of sp³-hybridized carbons (Fsp3) is 0.579. The molecule has 2 heterocycles. The van der Waals surface area contributed by atoms with Crippen LogP contribution in [0.15, 0.2) is 24.3 Å². The fourth-order valence-corrected chi connectivity index (χ4v) is 3.71. The number of aliphatic hydroxyl groups excluding tert-OH is 1. The van der Waals surface area contributed by atoms with Gasteiger partial charge in [-0.2, -0.15) is 0 Å². The van der Waals surface area contributed by atoms with E-state index in [2.05, 4.69) is 5.32 Å². The zero-order chi connectivity index (χ0) is 17.9. The Morgan fingerprint density at radius 1 is 1.40 bits per heavy atom. The number of benzene rings is 1. The van der Waals surface area contributed by atoms with Crippen LogP contribution in [0.3, 0.4) is 0 Å². The van der Waals surface area contributed by atoms with E-state index < -0.39 is 11.5 Å². The van der Waals surface area contributed by atoms with Gasteiger partial charge in [0, 0.05) is 25.2 Å². The molecule has 3 rings (SSSR count). The molecule has 25 heavy (non-hydrogen) atoms. The van der Waals surface area contributed by atoms with Crippen LogP contribution in [0.1, 0.15) is 43.0 Å². The smallest absolute Gasteiger partial charge is 0.253 e. The summed E-state index contributed by atoms with van der Waals surface area (Å²) < 4.78 is 5.54. The molecular formula is C19H26N2O4. The van der Waals surface area contributed by atoms with Crippen LogP contribution in [-0.4, -0.2) is 54.2 Å². The first kappa shape index (κ1) is 17.7. The summed E-state index contributed by atoms with van der Waals surface area (Å²) in [5.74, 6) is 0.509. The summed E-state index contributed by atoms with van der Waals surface area (Å²) in [6.45, 7) is 4.06. The van der Waals surface area contributed by atoms with Gasteiger partial charge in [0.25, 0.3) is 5.91 Å². The van der Waals surface area contributed by atoms with Crippen LogP contribution in [0.2, 0.25) is 0 Å². The molecule has 2 aliphatic heterocycles. The molecule has 2 atom stereocenters. The third-order valence-electron chi connectivity index (χ3n) is 5.18. The van der Waals surface area contributed by atoms with Gasteiger partial charge >= 0.3 is 0 Å². The maximum absolute atomic E-state index is 12.8. The normalized spacial score (nSPS) is 26.4. The predicted octanol–water partition coefficient (Wildman–Crippen LogP) is 1.58. The molecule has 0 unspecified atom stereocenters. The summed E-state index contributed by atoms with van der Waals surface area (Å²) in [4.78, 5) is 26.9. The Morgan fingerprint density at radius 2 is 2.16 bits per heavy atom. The number of carbonyl (C=O) groups is 2. The topological polar surface area (TPSA) is 78.9 Å². The molecule has 2 saturated heterocycles. The molecule has 2 aliphatic rings. The zero-order valence-corrected chi connectivity index (χ0v) is 14.7. The van der Waals surface area contributed by atoms with Gasteiger partial charge in [-0.25, -0.2) is 0 Å². The van der Waals surface area contributed by atoms with Gasteiger partial charge in [-0.15, -0.1) is 0 Å². The molecule has 1 aromatic rings. The van der Waals surface area contributed by atoms with E-state index in [1.165, 1.54) is 0 Å². The number of ether oxygens (including phenoxy) is 1. The second-order valence-corrected chi connectivity index (χ2v) is 6.92. The van der Waals surface area contributed by atoms with Gasteiger partial charge in [0.1, 0.15) is 5.75 Å². The van der Waals surface area contributed by atoms with Crippen molar-refractivity contribution < 1.29 is 19.4 Å². The van der Waals surface area contributed by atoms with Gasteiger partial charge in [-0.1, -0.05) is 6.92 Å². The van der Waals surface area contributed by atoms with E-state index in [-0.39, 0.29) is 18.4 Å². The van der Waals surface area contributed by atoms with E-state index >= 15 is 0 Å². The van der Waals surface area contributed by atoms with Crippen molar-refractivity contribution in [3.63, 3.8) is 0 Å². The van der Waals surface area contributed by atoms with Gasteiger partial charge in [-0.05, 0) is 49.9 Å². The van der Waals surface area contributed by atoms with Crippen LogP contribution in [-0.2, 0) is 4.79 Å². The lowest BCUT2D eigenvalue weighted by molar-refractivity contribution is -0.147. The van der Waals surface area contributed by atoms with E-state index in [9.17, 15) is 14.7 Å². The molecule has 2 N–H and O–H groups in total. The van der Waals surface area contributed by atoms with Gasteiger partial charge in [0.05, 0.1) is 18.1 Å². The van der Waals surface area contributed by atoms with Crippen molar-refractivity contribution in [1.29, 1.82) is 0 Å². The molecule has 0 bridgehead atoms. The Labute approximate surface area is 148 Å². The summed E-state index contributed by atoms with van der Waals surface area (Å²) in [5, 5.41) is 13.3. The van der Waals surface area contributed by atoms with Crippen LogP contribution in [0.4, 0.5) is 0 Å². The van der Waals surface area contributed by atoms with Crippen molar-refractivity contribution in [3.05, 3.63) is 29.8 Å². The lowest BCUT2D eigenvalue weighted by Gasteiger charge is -2.46. The van der Waals surface area contributed by atoms with Crippen LogP contribution in [0, 0.1) is 5.41 Å². The number of nitrogens with one attached hydrogen (secondary N) is 1. The van der Waals surface area contributed by atoms with E-state index in [1.807, 2.05) is 6.92 Å². The molecule has 0 aliphatic carbocycles. The van der Waals surface area contributed by atoms with Crippen molar-refractivity contribution in [3.8, 4) is 5.75 Å². The maximum Gasteiger partial charge on any atom is 0.253 e. The minimum atomic E-state index is -0.865. The van der Waals surface area contributed by atoms with E-state index in [0.717, 1.165) is 18.6 Å². The largest absolute Gasteiger partial charge is 0.494 e. The highest BCUT2D eigenvalue weighted by molar-refractivity contribution is 5.95. The van der Waals surface area contributed by atoms with Crippen molar-refractivity contribution in [1.82, 2.24) is 10.2 Å². The standard InChI is InChI=1S/C19H26N2O4/c1-2-12-25-15-6-4-14(5-7-15)17(23)21-11-8-16(22)19(13-21)9-3-10-20-18(19)24/h4-7,16,22H,2-3,8-13H2,1H3,(H,20,24)/t16-,19-/m1/s1. The van der Waals surface area contributed by atoms with Gasteiger partial charge in [0.2, 0.25) is 5.91 Å². The Hall–Kier alpha value is -2.08. The van der Waals surface area contributed by atoms with E-state index in [4.69, 9.17) is 4.74 Å². The number of rotatable bonds is 4. The fourth-order valence-electron chi connectivity index (χ4n) is 3.71. The molecular weight excluding hydrogens is 320 g/mol. The maximum atomic E-state index is 12.8. The minimum absolute atomic E-state index is 0.105. The summed E-state index contributed by atoms with van der Waals surface area (Å²) in [6.07, 6.45) is 2.11. The first-order valence-electron chi connectivity index (χ1n) is 9.05. The molecule has 2 fully saturated rings. The number of piperidine rings is 2. The average Bonchev–Trinajstić information content (AvgIpc) is 2.64. The summed E-state index contributed by atoms with van der Waals surface area (Å²) >= 11 is 0. The van der Waals surface area contributed by atoms with Crippen molar-refractivity contribution in [2.24, 2.45) is 5.41 Å². The van der Waals surface area contributed by atoms with Crippen molar-refractivity contribution >= 4 is 11.8 Å². The van der Waals surface area contributed by atoms with Gasteiger partial charge < -0.3 is 20.1 Å². The highest BCUT2D eigenvalue weighted by Crippen LogP contribution is 2.37. The molecule has 6 heteroatoms. The number of hydrogen-bond donors (Lipinski definition) is 2. The number of carbonyl (C=O) groups excluding carboxylic acids is 2. The molecule has 1 aromatic carbocycles. The molecule has 0 aromatic heterocycles. The van der Waals surface area contributed by atoms with Crippen LogP contribution in [0.5, 0.6) is 5.75 Å². The SMILES string of the molecule is CCCOc1ccc(C(=O)N2CC[C@@H](O)[C@@]3(CCCNC3=O)C2)cc1. The second kappa shape index (κ2) is 7.44. The van der Waals surface area contributed by atoms with E-state index in [1.54, 1.807) is 29.2 Å². The Bertz CT molecular complexity index is 631. The molecule has 6 nitrogen and oxygen atoms in total. The first-order chi connectivity index (χ1) is 12.1. The Kier molecular flexibility index (Phi) is 5.27. The van der Waals surface area contributed by atoms with Crippen LogP contribution < -0.4 is 10.1 Å². The number of hydrogen-bond acceptors (Lipinski definition) is 4. The Morgan fingerprint density at radius 3 is 2.84 bits per heavy atom. The third-order valence-corrected chi connectivity index (χ3v) is 5.18. The van der Waals surface area contributed by atoms with Crippen molar-refractivity contribution in [2.45, 2.75) is 38.7 Å². The van der Waals surface area contributed by atoms with E-state index in [0.29, 0.717) is 38.1 Å². The molecule has 2 amide bonds. The van der Waals surface area contributed by atoms with Crippen molar-refractivity contribution in [2.75, 3.05) is 26.2 Å². The summed E-state index contributed by atoms with van der Waals surface area (Å²) in [7, 11) is 0. The quantitative estimate of drug-likeness (QED) is 0.868. The molecule has 136 valence electrons. The number of amides is 2. The molecule has 0 radical (unpaired) electrons. The highest BCUT2D eigenvalue weighted by atomic mass is 16.5. The van der Waals surface area contributed by atoms with Crippen LogP contribution >= 0.6 is 0 Å². The highest BCUT2D eigenvalue weighted by Gasteiger charge is 2.50. The average molecular weight is 346 g/mol. The molecule has 0 saturated carbocycles. The summed E-state index contributed by atoms with van der Waals surface area (Å²) in [5.41, 5.74) is -0.289. The van der Waals surface area contributed by atoms with Gasteiger partial charge in [-0.3, -0.25) is 9.59 Å². The second-order valence-electron chi connectivity index (χ2n) is 6.92. The monoisotopic (exact) mass is 346 g/mol. The lowest BCUT2D eigenvalue weighted by atomic mass is 9.71. The number of likely N-dealkylation sites (tertiary alicyclic amines) is 1. The first-order valence-corrected chi connectivity index (χ1v) is 9.05. The minimum Gasteiger partial charge on any atom is -0.494 e. The lowest BCUT2D eigenvalue weighted by Crippen LogP contribution is -2.62. The Balaban J connectivity index is 1.72. The third kappa shape index (κ3) is 3.49. The number of aliphatic hydroxyl groups is 1. The summed E-state index contributed by atoms with van der Waals surface area (Å²) in [6, 6.07) is 7.10.